The zero-order valence-corrected chi connectivity index (χ0v) is 9.53. The molecule has 1 aromatic rings. The normalized spacial score (nSPS) is 25.6. The summed E-state index contributed by atoms with van der Waals surface area (Å²) >= 11 is 0. The van der Waals surface area contributed by atoms with Gasteiger partial charge in [0.05, 0.1) is 6.10 Å². The van der Waals surface area contributed by atoms with Crippen LogP contribution in [0.3, 0.4) is 0 Å². The van der Waals surface area contributed by atoms with Crippen molar-refractivity contribution in [2.24, 2.45) is 5.41 Å². The Balaban J connectivity index is 2.30. The molecule has 2 heteroatoms. The summed E-state index contributed by atoms with van der Waals surface area (Å²) in [4.78, 5) is 0. The summed E-state index contributed by atoms with van der Waals surface area (Å²) in [5.74, 6) is 0.830. The molecule has 1 aromatic carbocycles. The molecule has 82 valence electrons. The maximum absolute atomic E-state index is 10.0. The van der Waals surface area contributed by atoms with Gasteiger partial charge in [-0.15, -0.1) is 0 Å². The van der Waals surface area contributed by atoms with E-state index in [1.54, 1.807) is 0 Å². The van der Waals surface area contributed by atoms with Crippen LogP contribution in [-0.4, -0.2) is 11.2 Å². The molecule has 2 atom stereocenters. The minimum atomic E-state index is -0.390. The third-order valence-corrected chi connectivity index (χ3v) is 2.95. The van der Waals surface area contributed by atoms with Crippen LogP contribution in [0.25, 0.3) is 0 Å². The van der Waals surface area contributed by atoms with Crippen molar-refractivity contribution in [1.29, 1.82) is 0 Å². The molecular formula is C13H18O2. The Morgan fingerprint density at radius 1 is 1.27 bits per heavy atom. The predicted molar refractivity (Wildman–Crippen MR) is 59.9 cm³/mol. The van der Waals surface area contributed by atoms with Gasteiger partial charge in [-0.2, -0.15) is 0 Å². The predicted octanol–water partition coefficient (Wildman–Crippen LogP) is 2.92. The van der Waals surface area contributed by atoms with Crippen LogP contribution in [-0.2, 0) is 0 Å². The van der Waals surface area contributed by atoms with E-state index >= 15 is 0 Å². The van der Waals surface area contributed by atoms with Crippen molar-refractivity contribution in [3.05, 3.63) is 29.8 Å². The van der Waals surface area contributed by atoms with Gasteiger partial charge in [-0.1, -0.05) is 39.0 Å². The van der Waals surface area contributed by atoms with Crippen LogP contribution >= 0.6 is 0 Å². The van der Waals surface area contributed by atoms with Crippen LogP contribution in [0.15, 0.2) is 24.3 Å². The topological polar surface area (TPSA) is 29.5 Å². The summed E-state index contributed by atoms with van der Waals surface area (Å²) in [6.45, 7) is 6.41. The van der Waals surface area contributed by atoms with Gasteiger partial charge >= 0.3 is 0 Å². The van der Waals surface area contributed by atoms with E-state index in [0.29, 0.717) is 6.42 Å². The second-order valence-corrected chi connectivity index (χ2v) is 5.26. The number of benzene rings is 1. The zero-order chi connectivity index (χ0) is 11.1. The fourth-order valence-corrected chi connectivity index (χ4v) is 1.92. The molecule has 0 saturated heterocycles. The molecule has 0 amide bonds. The first kappa shape index (κ1) is 10.5. The van der Waals surface area contributed by atoms with Crippen molar-refractivity contribution in [3.8, 4) is 5.75 Å². The van der Waals surface area contributed by atoms with Crippen molar-refractivity contribution in [2.45, 2.75) is 39.4 Å². The van der Waals surface area contributed by atoms with E-state index in [9.17, 15) is 5.11 Å². The lowest BCUT2D eigenvalue weighted by Gasteiger charge is -2.37. The molecule has 0 bridgehead atoms. The van der Waals surface area contributed by atoms with E-state index in [-0.39, 0.29) is 17.6 Å². The largest absolute Gasteiger partial charge is 0.489 e. The van der Waals surface area contributed by atoms with E-state index in [1.165, 1.54) is 0 Å². The van der Waals surface area contributed by atoms with Crippen molar-refractivity contribution < 1.29 is 9.84 Å². The van der Waals surface area contributed by atoms with Gasteiger partial charge in [0.15, 0.2) is 0 Å². The number of fused-ring (bicyclic) bond motifs is 1. The van der Waals surface area contributed by atoms with Gasteiger partial charge in [0.1, 0.15) is 11.9 Å². The number of hydrogen-bond acceptors (Lipinski definition) is 2. The molecule has 0 saturated carbocycles. The number of ether oxygens (including phenoxy) is 1. The molecule has 0 fully saturated rings. The summed E-state index contributed by atoms with van der Waals surface area (Å²) in [5.41, 5.74) is 0.979. The highest BCUT2D eigenvalue weighted by molar-refractivity contribution is 5.37. The number of hydrogen-bond donors (Lipinski definition) is 1. The van der Waals surface area contributed by atoms with E-state index in [0.717, 1.165) is 11.3 Å². The van der Waals surface area contributed by atoms with E-state index in [2.05, 4.69) is 20.8 Å². The van der Waals surface area contributed by atoms with Crippen molar-refractivity contribution in [1.82, 2.24) is 0 Å². The molecule has 2 rings (SSSR count). The average Bonchev–Trinajstić information content (AvgIpc) is 2.16. The second kappa shape index (κ2) is 3.53. The Hall–Kier alpha value is -1.02. The molecule has 0 aromatic heterocycles. The van der Waals surface area contributed by atoms with Crippen molar-refractivity contribution in [3.63, 3.8) is 0 Å². The van der Waals surface area contributed by atoms with Crippen LogP contribution < -0.4 is 4.74 Å². The van der Waals surface area contributed by atoms with Gasteiger partial charge in [0.25, 0.3) is 0 Å². The molecule has 15 heavy (non-hydrogen) atoms. The van der Waals surface area contributed by atoms with Crippen LogP contribution in [0.1, 0.15) is 38.9 Å². The van der Waals surface area contributed by atoms with Crippen LogP contribution in [0.4, 0.5) is 0 Å². The highest BCUT2D eigenvalue weighted by Gasteiger charge is 2.34. The summed E-state index contributed by atoms with van der Waals surface area (Å²) < 4.78 is 5.91. The maximum Gasteiger partial charge on any atom is 0.125 e. The van der Waals surface area contributed by atoms with Gasteiger partial charge < -0.3 is 9.84 Å². The quantitative estimate of drug-likeness (QED) is 0.707. The van der Waals surface area contributed by atoms with Crippen molar-refractivity contribution >= 4 is 0 Å². The number of aliphatic hydroxyl groups is 1. The summed E-state index contributed by atoms with van der Waals surface area (Å²) in [6, 6.07) is 7.73. The molecule has 1 unspecified atom stereocenters. The molecule has 1 N–H and O–H groups in total. The fraction of sp³-hybridized carbons (Fsp3) is 0.538. The molecule has 0 aliphatic carbocycles. The highest BCUT2D eigenvalue weighted by atomic mass is 16.5. The smallest absolute Gasteiger partial charge is 0.125 e. The number of para-hydroxylation sites is 1. The minimum absolute atomic E-state index is 0.0640. The zero-order valence-electron chi connectivity index (χ0n) is 9.53. The molecule has 1 aliphatic rings. The summed E-state index contributed by atoms with van der Waals surface area (Å²) in [5, 5.41) is 10.0. The Morgan fingerprint density at radius 2 is 1.93 bits per heavy atom. The van der Waals surface area contributed by atoms with E-state index < -0.39 is 0 Å². The fourth-order valence-electron chi connectivity index (χ4n) is 1.92. The third kappa shape index (κ3) is 2.00. The lowest BCUT2D eigenvalue weighted by molar-refractivity contribution is 0.00802. The van der Waals surface area contributed by atoms with Crippen LogP contribution in [0.5, 0.6) is 5.75 Å². The SMILES string of the molecule is CC(C)(C)C1C[C@@H](O)c2ccccc2O1. The van der Waals surface area contributed by atoms with Gasteiger partial charge in [-0.05, 0) is 11.5 Å². The summed E-state index contributed by atoms with van der Waals surface area (Å²) in [6.07, 6.45) is 0.377. The monoisotopic (exact) mass is 206 g/mol. The first-order valence-corrected chi connectivity index (χ1v) is 5.42. The van der Waals surface area contributed by atoms with Crippen LogP contribution in [0, 0.1) is 5.41 Å². The first-order valence-electron chi connectivity index (χ1n) is 5.42. The standard InChI is InChI=1S/C13H18O2/c1-13(2,3)12-8-10(14)9-6-4-5-7-11(9)15-12/h4-7,10,12,14H,8H2,1-3H3/t10-,12?/m1/s1. The Bertz CT molecular complexity index is 352. The highest BCUT2D eigenvalue weighted by Crippen LogP contribution is 2.39. The second-order valence-electron chi connectivity index (χ2n) is 5.26. The van der Waals surface area contributed by atoms with E-state index in [4.69, 9.17) is 4.74 Å². The first-order chi connectivity index (χ1) is 6.98. The molecule has 0 spiro atoms. The minimum Gasteiger partial charge on any atom is -0.489 e. The van der Waals surface area contributed by atoms with E-state index in [1.807, 2.05) is 24.3 Å². The number of rotatable bonds is 0. The average molecular weight is 206 g/mol. The lowest BCUT2D eigenvalue weighted by Crippen LogP contribution is -2.36. The molecular weight excluding hydrogens is 188 g/mol. The molecule has 0 radical (unpaired) electrons. The Kier molecular flexibility index (Phi) is 2.47. The summed E-state index contributed by atoms with van der Waals surface area (Å²) in [7, 11) is 0. The lowest BCUT2D eigenvalue weighted by atomic mass is 9.83. The molecule has 1 aliphatic heterocycles. The van der Waals surface area contributed by atoms with Crippen LogP contribution in [0.2, 0.25) is 0 Å². The molecule has 2 nitrogen and oxygen atoms in total. The molecule has 1 heterocycles. The van der Waals surface area contributed by atoms with Gasteiger partial charge in [-0.3, -0.25) is 0 Å². The van der Waals surface area contributed by atoms with Gasteiger partial charge in [-0.25, -0.2) is 0 Å². The van der Waals surface area contributed by atoms with Gasteiger partial charge in [0.2, 0.25) is 0 Å². The Morgan fingerprint density at radius 3 is 2.60 bits per heavy atom. The van der Waals surface area contributed by atoms with Gasteiger partial charge in [0, 0.05) is 12.0 Å². The maximum atomic E-state index is 10.0. The number of aliphatic hydroxyl groups excluding tert-OH is 1. The van der Waals surface area contributed by atoms with Crippen molar-refractivity contribution in [2.75, 3.05) is 0 Å². The third-order valence-electron chi connectivity index (χ3n) is 2.95. The Labute approximate surface area is 90.9 Å².